The minimum atomic E-state index is 0.159. The average molecular weight is 593 g/mol. The molecule has 10 heteroatoms. The Hall–Kier alpha value is -4.28. The van der Waals surface area contributed by atoms with Crippen LogP contribution in [-0.4, -0.2) is 44.2 Å². The van der Waals surface area contributed by atoms with Crippen LogP contribution in [0, 0.1) is 0 Å². The number of anilines is 2. The van der Waals surface area contributed by atoms with Gasteiger partial charge < -0.3 is 32.4 Å². The van der Waals surface area contributed by atoms with Gasteiger partial charge in [-0.15, -0.1) is 0 Å². The van der Waals surface area contributed by atoms with Crippen molar-refractivity contribution < 1.29 is 9.47 Å². The van der Waals surface area contributed by atoms with Crippen molar-refractivity contribution in [3.8, 4) is 34.3 Å². The molecule has 4 aliphatic carbocycles. The van der Waals surface area contributed by atoms with Gasteiger partial charge in [0.15, 0.2) is 0 Å². The van der Waals surface area contributed by atoms with Crippen molar-refractivity contribution >= 4 is 11.9 Å². The number of hydrogen-bond acceptors (Lipinski definition) is 10. The highest BCUT2D eigenvalue weighted by molar-refractivity contribution is 5.71. The van der Waals surface area contributed by atoms with Crippen molar-refractivity contribution in [3.05, 3.63) is 70.8 Å². The van der Waals surface area contributed by atoms with Crippen LogP contribution >= 0.6 is 0 Å². The third kappa shape index (κ3) is 5.79. The molecule has 2 heterocycles. The summed E-state index contributed by atoms with van der Waals surface area (Å²) in [6.45, 7) is 0. The van der Waals surface area contributed by atoms with Crippen molar-refractivity contribution in [2.75, 3.05) is 11.5 Å². The first-order valence-corrected chi connectivity index (χ1v) is 15.7. The molecule has 44 heavy (non-hydrogen) atoms. The molecule has 0 unspecified atom stereocenters. The van der Waals surface area contributed by atoms with Gasteiger partial charge in [-0.3, -0.25) is 0 Å². The molecule has 0 atom stereocenters. The molecule has 0 spiro atoms. The molecule has 2 aromatic heterocycles. The van der Waals surface area contributed by atoms with Gasteiger partial charge in [-0.2, -0.15) is 9.97 Å². The number of rotatable bonds is 4. The molecule has 0 radical (unpaired) electrons. The van der Waals surface area contributed by atoms with Gasteiger partial charge in [-0.25, -0.2) is 9.97 Å². The van der Waals surface area contributed by atoms with Crippen molar-refractivity contribution in [2.24, 2.45) is 11.5 Å². The Morgan fingerprint density at radius 1 is 0.545 bits per heavy atom. The topological polar surface area (TPSA) is 174 Å². The molecule has 228 valence electrons. The van der Waals surface area contributed by atoms with E-state index in [9.17, 15) is 0 Å². The molecule has 8 N–H and O–H groups in total. The van der Waals surface area contributed by atoms with Gasteiger partial charge in [0.25, 0.3) is 0 Å². The minimum absolute atomic E-state index is 0.159. The van der Waals surface area contributed by atoms with E-state index in [1.54, 1.807) is 0 Å². The Kier molecular flexibility index (Phi) is 7.78. The molecule has 4 aromatic rings. The molecule has 0 bridgehead atoms. The van der Waals surface area contributed by atoms with Crippen LogP contribution in [0.4, 0.5) is 11.9 Å². The van der Waals surface area contributed by atoms with Crippen LogP contribution in [0.5, 0.6) is 11.8 Å². The van der Waals surface area contributed by atoms with Gasteiger partial charge >= 0.3 is 0 Å². The fourth-order valence-electron chi connectivity index (χ4n) is 6.62. The second-order valence-corrected chi connectivity index (χ2v) is 12.4. The lowest BCUT2D eigenvalue weighted by molar-refractivity contribution is 0.0944. The van der Waals surface area contributed by atoms with Crippen molar-refractivity contribution in [1.82, 2.24) is 19.9 Å². The van der Waals surface area contributed by atoms with Gasteiger partial charge in [0, 0.05) is 34.3 Å². The van der Waals surface area contributed by atoms with Gasteiger partial charge in [-0.1, -0.05) is 48.5 Å². The second-order valence-electron chi connectivity index (χ2n) is 12.4. The highest BCUT2D eigenvalue weighted by Crippen LogP contribution is 2.38. The number of nitrogens with two attached hydrogens (primary N) is 4. The molecule has 2 aromatic carbocycles. The monoisotopic (exact) mass is 592 g/mol. The average Bonchev–Trinajstić information content (AvgIpc) is 3.28. The van der Waals surface area contributed by atoms with Crippen molar-refractivity contribution in [1.29, 1.82) is 0 Å². The number of aryl methyl sites for hydroxylation is 2. The van der Waals surface area contributed by atoms with Crippen LogP contribution < -0.4 is 32.4 Å². The second kappa shape index (κ2) is 12.0. The predicted molar refractivity (Wildman–Crippen MR) is 171 cm³/mol. The largest absolute Gasteiger partial charge is 0.474 e. The van der Waals surface area contributed by atoms with E-state index in [1.165, 1.54) is 11.1 Å². The lowest BCUT2D eigenvalue weighted by atomic mass is 9.90. The Morgan fingerprint density at radius 3 is 1.36 bits per heavy atom. The van der Waals surface area contributed by atoms with E-state index in [2.05, 4.69) is 56.3 Å². The number of fused-ring (bicyclic) bond motifs is 6. The third-order valence-corrected chi connectivity index (χ3v) is 9.08. The number of nitrogens with zero attached hydrogens (tertiary/aromatic N) is 4. The Balaban J connectivity index is 0.000000142. The minimum Gasteiger partial charge on any atom is -0.474 e. The number of ether oxygens (including phenoxy) is 2. The van der Waals surface area contributed by atoms with Crippen LogP contribution in [0.1, 0.15) is 60.8 Å². The molecule has 10 nitrogen and oxygen atoms in total. The summed E-state index contributed by atoms with van der Waals surface area (Å²) >= 11 is 0. The molecule has 2 saturated carbocycles. The molecular formula is C34H40N8O2. The third-order valence-electron chi connectivity index (χ3n) is 9.08. The summed E-state index contributed by atoms with van der Waals surface area (Å²) in [6, 6.07) is 17.3. The number of benzene rings is 2. The smallest absolute Gasteiger partial charge is 0.223 e. The summed E-state index contributed by atoms with van der Waals surface area (Å²) in [4.78, 5) is 17.7. The highest BCUT2D eigenvalue weighted by Gasteiger charge is 2.31. The zero-order valence-corrected chi connectivity index (χ0v) is 24.9. The maximum absolute atomic E-state index is 6.06. The van der Waals surface area contributed by atoms with E-state index >= 15 is 0 Å². The first kappa shape index (κ1) is 28.5. The summed E-state index contributed by atoms with van der Waals surface area (Å²) in [5.74, 6) is 1.84. The van der Waals surface area contributed by atoms with Gasteiger partial charge in [0.1, 0.15) is 12.2 Å². The first-order valence-electron chi connectivity index (χ1n) is 15.7. The highest BCUT2D eigenvalue weighted by atomic mass is 16.5. The molecular weight excluding hydrogens is 552 g/mol. The van der Waals surface area contributed by atoms with E-state index in [1.807, 2.05) is 12.1 Å². The summed E-state index contributed by atoms with van der Waals surface area (Å²) in [5.41, 5.74) is 32.5. The van der Waals surface area contributed by atoms with Gasteiger partial charge in [0.05, 0.1) is 11.4 Å². The Morgan fingerprint density at radius 2 is 0.955 bits per heavy atom. The van der Waals surface area contributed by atoms with Crippen molar-refractivity contribution in [3.63, 3.8) is 0 Å². The normalized spacial score (nSPS) is 23.0. The summed E-state index contributed by atoms with van der Waals surface area (Å²) in [7, 11) is 0. The SMILES string of the molecule is Nc1nc(OC2CC(N)C2)c2c(n1)-c1ccccc1CCC2.Nc1nc(OC2CC(N)C2)c2c(n1)-c1ccccc1CCC2. The fourth-order valence-corrected chi connectivity index (χ4v) is 6.62. The molecule has 4 aliphatic rings. The molecule has 0 saturated heterocycles. The maximum atomic E-state index is 6.06. The lowest BCUT2D eigenvalue weighted by Crippen LogP contribution is -2.43. The van der Waals surface area contributed by atoms with E-state index in [-0.39, 0.29) is 36.2 Å². The van der Waals surface area contributed by atoms with Crippen LogP contribution in [0.15, 0.2) is 48.5 Å². The van der Waals surface area contributed by atoms with Crippen LogP contribution in [0.25, 0.3) is 22.5 Å². The fraction of sp³-hybridized carbons (Fsp3) is 0.412. The summed E-state index contributed by atoms with van der Waals surface area (Å²) in [5, 5.41) is 0. The quantitative estimate of drug-likeness (QED) is 0.269. The Labute approximate surface area is 257 Å². The number of nitrogen functional groups attached to an aromatic ring is 2. The van der Waals surface area contributed by atoms with Gasteiger partial charge in [-0.05, 0) is 75.3 Å². The zero-order valence-electron chi connectivity index (χ0n) is 24.9. The molecule has 0 amide bonds. The zero-order chi connectivity index (χ0) is 30.2. The maximum Gasteiger partial charge on any atom is 0.223 e. The molecule has 8 rings (SSSR count). The number of aromatic nitrogens is 4. The van der Waals surface area contributed by atoms with Crippen molar-refractivity contribution in [2.45, 2.75) is 88.5 Å². The van der Waals surface area contributed by atoms with E-state index in [0.717, 1.165) is 97.8 Å². The molecule has 0 aliphatic heterocycles. The van der Waals surface area contributed by atoms with Gasteiger partial charge in [0.2, 0.25) is 23.7 Å². The first-order chi connectivity index (χ1) is 21.4. The number of hydrogen-bond donors (Lipinski definition) is 4. The lowest BCUT2D eigenvalue weighted by Gasteiger charge is -2.32. The van der Waals surface area contributed by atoms with E-state index in [4.69, 9.17) is 32.4 Å². The van der Waals surface area contributed by atoms with E-state index < -0.39 is 0 Å². The predicted octanol–water partition coefficient (Wildman–Crippen LogP) is 4.17. The summed E-state index contributed by atoms with van der Waals surface area (Å²) in [6.07, 6.45) is 9.90. The van der Waals surface area contributed by atoms with Crippen LogP contribution in [0.2, 0.25) is 0 Å². The Bertz CT molecular complexity index is 1540. The molecule has 2 fully saturated rings. The van der Waals surface area contributed by atoms with E-state index in [0.29, 0.717) is 11.8 Å². The standard InChI is InChI=1S/2C17H20N4O/c2*18-11-8-12(9-11)22-16-14-7-3-5-10-4-1-2-6-13(10)15(14)20-17(19)21-16/h2*1-2,4,6,11-12H,3,5,7-9,18H2,(H2,19,20,21). The summed E-state index contributed by atoms with van der Waals surface area (Å²) < 4.78 is 12.1. The van der Waals surface area contributed by atoms with Crippen LogP contribution in [0.3, 0.4) is 0 Å². The van der Waals surface area contributed by atoms with Crippen LogP contribution in [-0.2, 0) is 25.7 Å².